The molecule has 2 fully saturated rings. The van der Waals surface area contributed by atoms with Gasteiger partial charge >= 0.3 is 0 Å². The minimum Gasteiger partial charge on any atom is -0.311 e. The molecule has 19 heavy (non-hydrogen) atoms. The van der Waals surface area contributed by atoms with Gasteiger partial charge in [0.2, 0.25) is 0 Å². The largest absolute Gasteiger partial charge is 0.311 e. The summed E-state index contributed by atoms with van der Waals surface area (Å²) < 4.78 is 0. The number of hydrogen-bond acceptors (Lipinski definition) is 4. The van der Waals surface area contributed by atoms with E-state index in [1.54, 1.807) is 0 Å². The topological polar surface area (TPSA) is 28.2 Å². The molecule has 0 bridgehead atoms. The Morgan fingerprint density at radius 2 is 2.32 bits per heavy atom. The van der Waals surface area contributed by atoms with Crippen molar-refractivity contribution in [1.82, 2.24) is 15.2 Å². The molecule has 106 valence electrons. The lowest BCUT2D eigenvalue weighted by Gasteiger charge is -2.40. The predicted molar refractivity (Wildman–Crippen MR) is 80.5 cm³/mol. The Morgan fingerprint density at radius 3 is 2.95 bits per heavy atom. The summed E-state index contributed by atoms with van der Waals surface area (Å²) >= 11 is 1.82. The van der Waals surface area contributed by atoms with Crippen LogP contribution in [-0.2, 0) is 6.54 Å². The Morgan fingerprint density at radius 1 is 1.47 bits per heavy atom. The summed E-state index contributed by atoms with van der Waals surface area (Å²) in [6.07, 6.45) is 5.43. The number of aryl methyl sites for hydroxylation is 1. The maximum Gasteiger partial charge on any atom is 0.107 e. The van der Waals surface area contributed by atoms with Crippen molar-refractivity contribution in [2.24, 2.45) is 5.92 Å². The predicted octanol–water partition coefficient (Wildman–Crippen LogP) is 2.80. The third-order valence-corrected chi connectivity index (χ3v) is 5.33. The van der Waals surface area contributed by atoms with Crippen molar-refractivity contribution < 1.29 is 0 Å². The Labute approximate surface area is 120 Å². The maximum atomic E-state index is 4.64. The number of thiazole rings is 1. The van der Waals surface area contributed by atoms with Gasteiger partial charge in [-0.1, -0.05) is 13.3 Å². The van der Waals surface area contributed by atoms with Crippen LogP contribution in [0.5, 0.6) is 0 Å². The zero-order chi connectivity index (χ0) is 13.2. The molecule has 1 saturated carbocycles. The first kappa shape index (κ1) is 13.5. The second-order valence-electron chi connectivity index (χ2n) is 6.11. The molecule has 0 amide bonds. The van der Waals surface area contributed by atoms with Crippen molar-refractivity contribution in [1.29, 1.82) is 0 Å². The minimum atomic E-state index is 0.698. The molecule has 1 N–H and O–H groups in total. The molecule has 2 aliphatic rings. The van der Waals surface area contributed by atoms with Crippen LogP contribution in [0.25, 0.3) is 0 Å². The Hall–Kier alpha value is -0.450. The Balaban J connectivity index is 1.65. The molecular formula is C15H25N3S. The van der Waals surface area contributed by atoms with Crippen molar-refractivity contribution in [3.63, 3.8) is 0 Å². The second kappa shape index (κ2) is 5.90. The number of hydrogen-bond donors (Lipinski definition) is 1. The summed E-state index contributed by atoms with van der Waals surface area (Å²) in [6, 6.07) is 1.43. The molecule has 4 heteroatoms. The van der Waals surface area contributed by atoms with E-state index in [0.717, 1.165) is 18.5 Å². The third-order valence-electron chi connectivity index (χ3n) is 4.38. The zero-order valence-corrected chi connectivity index (χ0v) is 12.9. The van der Waals surface area contributed by atoms with E-state index in [9.17, 15) is 0 Å². The molecular weight excluding hydrogens is 254 g/mol. The fraction of sp³-hybridized carbons (Fsp3) is 0.800. The number of aromatic nitrogens is 1. The van der Waals surface area contributed by atoms with Gasteiger partial charge in [-0.25, -0.2) is 4.98 Å². The zero-order valence-electron chi connectivity index (χ0n) is 12.1. The molecule has 1 aromatic rings. The van der Waals surface area contributed by atoms with Crippen LogP contribution >= 0.6 is 11.3 Å². The molecule has 2 atom stereocenters. The van der Waals surface area contributed by atoms with Gasteiger partial charge in [0, 0.05) is 36.2 Å². The molecule has 0 radical (unpaired) electrons. The van der Waals surface area contributed by atoms with Crippen LogP contribution in [0, 0.1) is 12.8 Å². The summed E-state index contributed by atoms with van der Waals surface area (Å²) in [5, 5.41) is 7.24. The van der Waals surface area contributed by atoms with Crippen LogP contribution in [0.4, 0.5) is 0 Å². The van der Waals surface area contributed by atoms with Gasteiger partial charge < -0.3 is 5.32 Å². The van der Waals surface area contributed by atoms with Gasteiger partial charge in [0.1, 0.15) is 5.01 Å². The number of rotatable bonds is 5. The molecule has 1 aromatic heterocycles. The Kier molecular flexibility index (Phi) is 4.20. The SMILES string of the molecule is CCCC1CNC(C2CC2)CN1Cc1nc(C)cs1. The van der Waals surface area contributed by atoms with Crippen molar-refractivity contribution in [2.75, 3.05) is 13.1 Å². The van der Waals surface area contributed by atoms with Gasteiger partial charge in [-0.15, -0.1) is 11.3 Å². The quantitative estimate of drug-likeness (QED) is 0.898. The standard InChI is InChI=1S/C15H25N3S/c1-3-4-13-7-16-14(12-5-6-12)8-18(13)9-15-17-11(2)10-19-15/h10,12-14,16H,3-9H2,1-2H3. The van der Waals surface area contributed by atoms with Gasteiger partial charge in [0.25, 0.3) is 0 Å². The van der Waals surface area contributed by atoms with Gasteiger partial charge in [0.15, 0.2) is 0 Å². The average Bonchev–Trinajstić information content (AvgIpc) is 3.16. The normalized spacial score (nSPS) is 28.7. The van der Waals surface area contributed by atoms with E-state index < -0.39 is 0 Å². The highest BCUT2D eigenvalue weighted by Crippen LogP contribution is 2.35. The highest BCUT2D eigenvalue weighted by atomic mass is 32.1. The van der Waals surface area contributed by atoms with Crippen LogP contribution < -0.4 is 5.32 Å². The van der Waals surface area contributed by atoms with Gasteiger partial charge in [0.05, 0.1) is 6.54 Å². The second-order valence-corrected chi connectivity index (χ2v) is 7.05. The minimum absolute atomic E-state index is 0.698. The maximum absolute atomic E-state index is 4.64. The smallest absolute Gasteiger partial charge is 0.107 e. The van der Waals surface area contributed by atoms with E-state index in [1.807, 2.05) is 11.3 Å². The summed E-state index contributed by atoms with van der Waals surface area (Å²) in [6.45, 7) is 7.81. The van der Waals surface area contributed by atoms with E-state index in [0.29, 0.717) is 6.04 Å². The summed E-state index contributed by atoms with van der Waals surface area (Å²) in [5.41, 5.74) is 1.17. The van der Waals surface area contributed by atoms with E-state index in [1.165, 1.54) is 49.5 Å². The highest BCUT2D eigenvalue weighted by molar-refractivity contribution is 7.09. The number of nitrogens with zero attached hydrogens (tertiary/aromatic N) is 2. The summed E-state index contributed by atoms with van der Waals surface area (Å²) in [5.74, 6) is 0.947. The molecule has 0 spiro atoms. The lowest BCUT2D eigenvalue weighted by Crippen LogP contribution is -2.56. The van der Waals surface area contributed by atoms with Crippen LogP contribution in [0.3, 0.4) is 0 Å². The van der Waals surface area contributed by atoms with Crippen molar-refractivity contribution >= 4 is 11.3 Å². The first-order valence-electron chi connectivity index (χ1n) is 7.64. The number of nitrogens with one attached hydrogen (secondary N) is 1. The van der Waals surface area contributed by atoms with E-state index in [4.69, 9.17) is 0 Å². The van der Waals surface area contributed by atoms with E-state index in [2.05, 4.69) is 34.4 Å². The lowest BCUT2D eigenvalue weighted by atomic mass is 10.0. The molecule has 2 heterocycles. The first-order valence-corrected chi connectivity index (χ1v) is 8.52. The average molecular weight is 279 g/mol. The fourth-order valence-corrected chi connectivity index (χ4v) is 3.95. The summed E-state index contributed by atoms with van der Waals surface area (Å²) in [7, 11) is 0. The highest BCUT2D eigenvalue weighted by Gasteiger charge is 2.36. The molecule has 2 unspecified atom stereocenters. The Bertz CT molecular complexity index is 413. The van der Waals surface area contributed by atoms with Crippen LogP contribution in [0.1, 0.15) is 43.3 Å². The van der Waals surface area contributed by atoms with Crippen LogP contribution in [-0.4, -0.2) is 35.1 Å². The first-order chi connectivity index (χ1) is 9.26. The van der Waals surface area contributed by atoms with Gasteiger partial charge in [-0.2, -0.15) is 0 Å². The monoisotopic (exact) mass is 279 g/mol. The van der Waals surface area contributed by atoms with Gasteiger partial charge in [-0.3, -0.25) is 4.90 Å². The van der Waals surface area contributed by atoms with Crippen LogP contribution in [0.2, 0.25) is 0 Å². The van der Waals surface area contributed by atoms with Gasteiger partial charge in [-0.05, 0) is 32.1 Å². The molecule has 1 aliphatic heterocycles. The molecule has 3 nitrogen and oxygen atoms in total. The van der Waals surface area contributed by atoms with E-state index >= 15 is 0 Å². The van der Waals surface area contributed by atoms with Crippen molar-refractivity contribution in [3.8, 4) is 0 Å². The summed E-state index contributed by atoms with van der Waals surface area (Å²) in [4.78, 5) is 7.32. The van der Waals surface area contributed by atoms with Crippen molar-refractivity contribution in [3.05, 3.63) is 16.1 Å². The molecule has 3 rings (SSSR count). The fourth-order valence-electron chi connectivity index (χ4n) is 3.16. The molecule has 0 aromatic carbocycles. The molecule has 1 saturated heterocycles. The molecule has 1 aliphatic carbocycles. The van der Waals surface area contributed by atoms with E-state index in [-0.39, 0.29) is 0 Å². The van der Waals surface area contributed by atoms with Crippen molar-refractivity contribution in [2.45, 2.75) is 58.2 Å². The third kappa shape index (κ3) is 3.36. The number of piperazine rings is 1. The van der Waals surface area contributed by atoms with Crippen LogP contribution in [0.15, 0.2) is 5.38 Å². The lowest BCUT2D eigenvalue weighted by molar-refractivity contribution is 0.108.